The highest BCUT2D eigenvalue weighted by atomic mass is 16.8. The first kappa shape index (κ1) is 57.1. The molecule has 8 aromatic rings. The molecular formula is C68H64O14. The molecule has 14 heteroatoms. The van der Waals surface area contributed by atoms with Crippen molar-refractivity contribution in [3.05, 3.63) is 287 Å². The van der Waals surface area contributed by atoms with Crippen molar-refractivity contribution in [3.63, 3.8) is 0 Å². The summed E-state index contributed by atoms with van der Waals surface area (Å²) in [4.78, 5) is 43.0. The SMILES string of the molecule is O=C(OC[C@H]1O[C@@H](O[C@H]2[C@H](OC(=O)c3ccccc3)[C@H](OC(=O)c3ccccc3)[C@@H](OCc3ccccc3)O[C@@H]2COCc2ccccc2)[C@@H](OCc2ccccc2)[C@@H](OCc2ccccc2)[C@@H]1OCc1ccccc1)c1ccccc1. The molecule has 10 atom stereocenters. The molecule has 0 radical (unpaired) electrons. The minimum Gasteiger partial charge on any atom is -0.459 e. The largest absolute Gasteiger partial charge is 0.459 e. The summed E-state index contributed by atoms with van der Waals surface area (Å²) in [5, 5.41) is 0. The third-order valence-electron chi connectivity index (χ3n) is 13.9. The van der Waals surface area contributed by atoms with E-state index in [-0.39, 0.29) is 57.4 Å². The third kappa shape index (κ3) is 15.8. The van der Waals surface area contributed by atoms with Crippen LogP contribution in [0.25, 0.3) is 0 Å². The van der Waals surface area contributed by atoms with Crippen LogP contribution in [0.4, 0.5) is 0 Å². The van der Waals surface area contributed by atoms with Crippen molar-refractivity contribution >= 4 is 17.9 Å². The summed E-state index contributed by atoms with van der Waals surface area (Å²) in [7, 11) is 0. The van der Waals surface area contributed by atoms with Gasteiger partial charge in [-0.3, -0.25) is 0 Å². The average Bonchev–Trinajstić information content (AvgIpc) is 3.64. The molecule has 2 aliphatic rings. The van der Waals surface area contributed by atoms with Crippen molar-refractivity contribution in [2.24, 2.45) is 0 Å². The van der Waals surface area contributed by atoms with E-state index in [2.05, 4.69) is 0 Å². The Morgan fingerprint density at radius 2 is 0.646 bits per heavy atom. The smallest absolute Gasteiger partial charge is 0.338 e. The number of esters is 3. The number of benzene rings is 8. The number of hydrogen-bond donors (Lipinski definition) is 0. The lowest BCUT2D eigenvalue weighted by Gasteiger charge is -2.49. The molecule has 14 nitrogen and oxygen atoms in total. The van der Waals surface area contributed by atoms with Crippen molar-refractivity contribution < 1.29 is 66.5 Å². The maximum absolute atomic E-state index is 14.7. The molecule has 8 aromatic carbocycles. The van der Waals surface area contributed by atoms with Gasteiger partial charge in [-0.25, -0.2) is 14.4 Å². The molecule has 2 heterocycles. The maximum atomic E-state index is 14.7. The molecule has 0 saturated carbocycles. The molecule has 420 valence electrons. The topological polar surface area (TPSA) is 153 Å². The quantitative estimate of drug-likeness (QED) is 0.0394. The standard InChI is InChI=1S/C68H64O14/c69-64(53-35-19-6-20-36-53)76-47-57-58(73-42-49-27-11-2-12-28-49)60(74-43-50-29-13-3-14-30-50)62(75-44-51-31-15-4-16-32-51)68(79-57)82-59-56(46-72-41-48-25-9-1-10-26-48)78-67(77-45-52-33-17-5-18-34-52)63(81-66(71)55-39-23-8-24-40-55)61(59)80-65(70)54-37-21-7-22-38-54/h1-40,56-63,67-68H,41-47H2/t56-,57-,58-,59-,60+,61+,62+,63+,67+,68+/m1/s1. The molecule has 2 aliphatic heterocycles. The Bertz CT molecular complexity index is 3160. The van der Waals surface area contributed by atoms with Gasteiger partial charge in [0.25, 0.3) is 0 Å². The highest BCUT2D eigenvalue weighted by Gasteiger charge is 2.56. The van der Waals surface area contributed by atoms with Crippen molar-refractivity contribution in [3.8, 4) is 0 Å². The second-order valence-electron chi connectivity index (χ2n) is 19.7. The lowest BCUT2D eigenvalue weighted by atomic mass is 9.95. The molecule has 0 bridgehead atoms. The van der Waals surface area contributed by atoms with Crippen LogP contribution in [0.1, 0.15) is 58.9 Å². The Hall–Kier alpha value is -8.15. The predicted octanol–water partition coefficient (Wildman–Crippen LogP) is 11.3. The zero-order valence-electron chi connectivity index (χ0n) is 45.0. The van der Waals surface area contributed by atoms with E-state index in [1.54, 1.807) is 84.9 Å². The Morgan fingerprint density at radius 3 is 1.10 bits per heavy atom. The van der Waals surface area contributed by atoms with Crippen LogP contribution in [0.5, 0.6) is 0 Å². The van der Waals surface area contributed by atoms with Gasteiger partial charge in [-0.05, 0) is 64.2 Å². The van der Waals surface area contributed by atoms with Crippen molar-refractivity contribution in [2.75, 3.05) is 13.2 Å². The van der Waals surface area contributed by atoms with Crippen LogP contribution in [0.15, 0.2) is 243 Å². The van der Waals surface area contributed by atoms with E-state index in [9.17, 15) is 14.4 Å². The first-order valence-corrected chi connectivity index (χ1v) is 27.4. The molecule has 10 rings (SSSR count). The molecule has 2 fully saturated rings. The van der Waals surface area contributed by atoms with Gasteiger partial charge < -0.3 is 52.1 Å². The summed E-state index contributed by atoms with van der Waals surface area (Å²) < 4.78 is 74.7. The van der Waals surface area contributed by atoms with Gasteiger partial charge in [-0.15, -0.1) is 0 Å². The fourth-order valence-electron chi connectivity index (χ4n) is 9.68. The number of carbonyl (C=O) groups excluding carboxylic acids is 3. The zero-order valence-corrected chi connectivity index (χ0v) is 45.0. The molecule has 0 unspecified atom stereocenters. The van der Waals surface area contributed by atoms with Gasteiger partial charge in [-0.2, -0.15) is 0 Å². The lowest BCUT2D eigenvalue weighted by Crippen LogP contribution is -2.67. The van der Waals surface area contributed by atoms with E-state index in [1.807, 2.05) is 158 Å². The number of rotatable bonds is 25. The number of carbonyl (C=O) groups is 3. The summed E-state index contributed by atoms with van der Waals surface area (Å²) in [5.41, 5.74) is 5.00. The zero-order chi connectivity index (χ0) is 56.1. The van der Waals surface area contributed by atoms with Gasteiger partial charge in [0.05, 0.1) is 56.3 Å². The first-order chi connectivity index (χ1) is 40.4. The van der Waals surface area contributed by atoms with E-state index >= 15 is 0 Å². The van der Waals surface area contributed by atoms with Crippen LogP contribution in [0, 0.1) is 0 Å². The minimum absolute atomic E-state index is 0.0166. The fraction of sp³-hybridized carbons (Fsp3) is 0.250. The van der Waals surface area contributed by atoms with Crippen LogP contribution >= 0.6 is 0 Å². The Kier molecular flexibility index (Phi) is 20.6. The summed E-state index contributed by atoms with van der Waals surface area (Å²) in [6.07, 6.45) is -12.5. The van der Waals surface area contributed by atoms with Crippen molar-refractivity contribution in [2.45, 2.75) is 94.4 Å². The van der Waals surface area contributed by atoms with E-state index < -0.39 is 79.3 Å². The Morgan fingerprint density at radius 1 is 0.305 bits per heavy atom. The van der Waals surface area contributed by atoms with E-state index in [0.29, 0.717) is 5.56 Å². The van der Waals surface area contributed by atoms with Crippen LogP contribution in [0.2, 0.25) is 0 Å². The third-order valence-corrected chi connectivity index (χ3v) is 13.9. The normalized spacial score (nSPS) is 22.3. The van der Waals surface area contributed by atoms with E-state index in [0.717, 1.165) is 27.8 Å². The van der Waals surface area contributed by atoms with Gasteiger partial charge in [0.1, 0.15) is 43.2 Å². The van der Waals surface area contributed by atoms with Crippen molar-refractivity contribution in [1.82, 2.24) is 0 Å². The Labute approximate surface area is 477 Å². The maximum Gasteiger partial charge on any atom is 0.338 e. The van der Waals surface area contributed by atoms with E-state index in [4.69, 9.17) is 52.1 Å². The highest BCUT2D eigenvalue weighted by Crippen LogP contribution is 2.37. The summed E-state index contributed by atoms with van der Waals surface area (Å²) >= 11 is 0. The van der Waals surface area contributed by atoms with Gasteiger partial charge in [0.15, 0.2) is 24.8 Å². The highest BCUT2D eigenvalue weighted by molar-refractivity contribution is 5.90. The molecular weight excluding hydrogens is 1040 g/mol. The Balaban J connectivity index is 1.09. The monoisotopic (exact) mass is 1100 g/mol. The van der Waals surface area contributed by atoms with Gasteiger partial charge in [0.2, 0.25) is 0 Å². The van der Waals surface area contributed by atoms with Gasteiger partial charge in [0, 0.05) is 0 Å². The second-order valence-corrected chi connectivity index (χ2v) is 19.7. The molecule has 0 N–H and O–H groups in total. The van der Waals surface area contributed by atoms with Gasteiger partial charge >= 0.3 is 17.9 Å². The first-order valence-electron chi connectivity index (χ1n) is 27.4. The fourth-order valence-corrected chi connectivity index (χ4v) is 9.68. The average molecular weight is 1110 g/mol. The second kappa shape index (κ2) is 29.5. The predicted molar refractivity (Wildman–Crippen MR) is 303 cm³/mol. The minimum atomic E-state index is -1.50. The lowest BCUT2D eigenvalue weighted by molar-refractivity contribution is -0.370. The summed E-state index contributed by atoms with van der Waals surface area (Å²) in [5.74, 6) is -2.09. The molecule has 0 spiro atoms. The summed E-state index contributed by atoms with van der Waals surface area (Å²) in [6, 6.07) is 73.5. The van der Waals surface area contributed by atoms with Crippen LogP contribution in [-0.2, 0) is 85.1 Å². The number of hydrogen-bond acceptors (Lipinski definition) is 14. The summed E-state index contributed by atoms with van der Waals surface area (Å²) in [6.45, 7) is -0.0201. The number of ether oxygens (including phenoxy) is 11. The van der Waals surface area contributed by atoms with E-state index in [1.165, 1.54) is 0 Å². The van der Waals surface area contributed by atoms with Gasteiger partial charge in [-0.1, -0.05) is 206 Å². The van der Waals surface area contributed by atoms with Crippen LogP contribution < -0.4 is 0 Å². The molecule has 0 amide bonds. The molecule has 2 saturated heterocycles. The van der Waals surface area contributed by atoms with Crippen molar-refractivity contribution in [1.29, 1.82) is 0 Å². The van der Waals surface area contributed by atoms with Crippen LogP contribution in [0.3, 0.4) is 0 Å². The molecule has 82 heavy (non-hydrogen) atoms. The van der Waals surface area contributed by atoms with Crippen LogP contribution in [-0.4, -0.2) is 92.5 Å². The molecule has 0 aromatic heterocycles. The molecule has 0 aliphatic carbocycles.